The average molecular weight is 327 g/mol. The molecule has 1 unspecified atom stereocenters. The Hall–Kier alpha value is -2.00. The number of carbonyl (C=O) groups is 1. The Labute approximate surface area is 133 Å². The third-order valence-corrected chi connectivity index (χ3v) is 2.98. The van der Waals surface area contributed by atoms with Crippen LogP contribution in [0.5, 0.6) is 0 Å². The largest absolute Gasteiger partial charge is 0.471 e. The van der Waals surface area contributed by atoms with Gasteiger partial charge >= 0.3 is 12.1 Å². The van der Waals surface area contributed by atoms with Crippen molar-refractivity contribution >= 4 is 5.91 Å². The third-order valence-electron chi connectivity index (χ3n) is 2.98. The number of halogens is 3. The molecule has 0 heterocycles. The van der Waals surface area contributed by atoms with Crippen molar-refractivity contribution in [1.29, 1.82) is 0 Å². The van der Waals surface area contributed by atoms with E-state index in [1.807, 2.05) is 0 Å². The molecule has 0 radical (unpaired) electrons. The summed E-state index contributed by atoms with van der Waals surface area (Å²) in [6, 6.07) is 6.90. The second-order valence-electron chi connectivity index (χ2n) is 5.58. The van der Waals surface area contributed by atoms with Gasteiger partial charge in [0.15, 0.2) is 0 Å². The lowest BCUT2D eigenvalue weighted by atomic mass is 10.0. The highest BCUT2D eigenvalue weighted by molar-refractivity contribution is 5.81. The minimum Gasteiger partial charge on any atom is -0.388 e. The quantitative estimate of drug-likeness (QED) is 0.816. The van der Waals surface area contributed by atoms with E-state index in [4.69, 9.17) is 0 Å². The standard InChI is InChI=1S/C17H20F3NO2/c1-12(2)5-3-6-13-7-4-8-14(11-13)15(22)9-10-21-16(23)17(18,19)20/h4,7-8,11-12,15,22H,5,9-10H2,1-2H3,(H,21,23). The van der Waals surface area contributed by atoms with Crippen molar-refractivity contribution in [3.8, 4) is 11.8 Å². The molecule has 1 amide bonds. The van der Waals surface area contributed by atoms with Crippen LogP contribution in [0.4, 0.5) is 13.2 Å². The number of amides is 1. The van der Waals surface area contributed by atoms with Crippen LogP contribution in [0.2, 0.25) is 0 Å². The van der Waals surface area contributed by atoms with Crippen LogP contribution in [0.1, 0.15) is 43.9 Å². The number of hydrogen-bond acceptors (Lipinski definition) is 2. The van der Waals surface area contributed by atoms with Crippen molar-refractivity contribution in [3.63, 3.8) is 0 Å². The van der Waals surface area contributed by atoms with Crippen molar-refractivity contribution < 1.29 is 23.1 Å². The molecule has 126 valence electrons. The van der Waals surface area contributed by atoms with Gasteiger partial charge in [0.05, 0.1) is 6.10 Å². The Morgan fingerprint density at radius 3 is 2.65 bits per heavy atom. The van der Waals surface area contributed by atoms with Crippen molar-refractivity contribution in [1.82, 2.24) is 5.32 Å². The fraction of sp³-hybridized carbons (Fsp3) is 0.471. The molecule has 1 aromatic carbocycles. The summed E-state index contributed by atoms with van der Waals surface area (Å²) in [6.45, 7) is 3.86. The minimum atomic E-state index is -4.91. The number of rotatable bonds is 5. The highest BCUT2D eigenvalue weighted by Gasteiger charge is 2.38. The first kappa shape index (κ1) is 19.0. The molecule has 0 bridgehead atoms. The monoisotopic (exact) mass is 327 g/mol. The van der Waals surface area contributed by atoms with Crippen LogP contribution < -0.4 is 5.32 Å². The van der Waals surface area contributed by atoms with Crippen LogP contribution in [-0.4, -0.2) is 23.7 Å². The molecule has 0 fully saturated rings. The molecule has 23 heavy (non-hydrogen) atoms. The van der Waals surface area contributed by atoms with Crippen LogP contribution in [-0.2, 0) is 4.79 Å². The highest BCUT2D eigenvalue weighted by atomic mass is 19.4. The van der Waals surface area contributed by atoms with Gasteiger partial charge in [0, 0.05) is 18.5 Å². The zero-order chi connectivity index (χ0) is 17.5. The summed E-state index contributed by atoms with van der Waals surface area (Å²) in [5.41, 5.74) is 1.30. The molecule has 3 nitrogen and oxygen atoms in total. The van der Waals surface area contributed by atoms with E-state index in [0.29, 0.717) is 11.5 Å². The predicted octanol–water partition coefficient (Wildman–Crippen LogP) is 3.19. The summed E-state index contributed by atoms with van der Waals surface area (Å²) < 4.78 is 36.1. The zero-order valence-corrected chi connectivity index (χ0v) is 13.1. The Bertz CT molecular complexity index is 585. The molecule has 0 aliphatic heterocycles. The summed E-state index contributed by atoms with van der Waals surface area (Å²) in [5, 5.41) is 11.7. The van der Waals surface area contributed by atoms with Gasteiger partial charge in [0.1, 0.15) is 0 Å². The van der Waals surface area contributed by atoms with Gasteiger partial charge in [-0.3, -0.25) is 4.79 Å². The topological polar surface area (TPSA) is 49.3 Å². The lowest BCUT2D eigenvalue weighted by molar-refractivity contribution is -0.173. The molecule has 0 aromatic heterocycles. The summed E-state index contributed by atoms with van der Waals surface area (Å²) >= 11 is 0. The molecule has 0 spiro atoms. The summed E-state index contributed by atoms with van der Waals surface area (Å²) in [4.78, 5) is 10.7. The first-order chi connectivity index (χ1) is 10.7. The van der Waals surface area contributed by atoms with E-state index in [9.17, 15) is 23.1 Å². The first-order valence-electron chi connectivity index (χ1n) is 7.32. The summed E-state index contributed by atoms with van der Waals surface area (Å²) in [5.74, 6) is 4.48. The fourth-order valence-electron chi connectivity index (χ4n) is 1.77. The van der Waals surface area contributed by atoms with E-state index in [-0.39, 0.29) is 13.0 Å². The average Bonchev–Trinajstić information content (AvgIpc) is 2.46. The van der Waals surface area contributed by atoms with Crippen molar-refractivity contribution in [2.75, 3.05) is 6.54 Å². The zero-order valence-electron chi connectivity index (χ0n) is 13.1. The minimum absolute atomic E-state index is 0.00923. The molecule has 1 aromatic rings. The molecule has 0 aliphatic rings. The molecule has 0 saturated carbocycles. The molecule has 1 atom stereocenters. The van der Waals surface area contributed by atoms with E-state index in [0.717, 1.165) is 12.0 Å². The van der Waals surface area contributed by atoms with E-state index in [2.05, 4.69) is 25.7 Å². The van der Waals surface area contributed by atoms with Gasteiger partial charge in [-0.05, 0) is 30.0 Å². The van der Waals surface area contributed by atoms with E-state index in [1.54, 1.807) is 29.6 Å². The number of hydrogen-bond donors (Lipinski definition) is 2. The second-order valence-corrected chi connectivity index (χ2v) is 5.58. The maximum absolute atomic E-state index is 12.0. The van der Waals surface area contributed by atoms with Gasteiger partial charge in [-0.1, -0.05) is 37.8 Å². The van der Waals surface area contributed by atoms with E-state index in [1.165, 1.54) is 0 Å². The van der Waals surface area contributed by atoms with Crippen LogP contribution in [0.3, 0.4) is 0 Å². The highest BCUT2D eigenvalue weighted by Crippen LogP contribution is 2.18. The molecule has 2 N–H and O–H groups in total. The molecule has 1 rings (SSSR count). The first-order valence-corrected chi connectivity index (χ1v) is 7.32. The van der Waals surface area contributed by atoms with Crippen molar-refractivity contribution in [2.24, 2.45) is 5.92 Å². The van der Waals surface area contributed by atoms with Gasteiger partial charge in [0.2, 0.25) is 0 Å². The number of carbonyl (C=O) groups excluding carboxylic acids is 1. The Morgan fingerprint density at radius 2 is 2.04 bits per heavy atom. The lowest BCUT2D eigenvalue weighted by Gasteiger charge is -2.13. The number of nitrogens with one attached hydrogen (secondary N) is 1. The smallest absolute Gasteiger partial charge is 0.388 e. The summed E-state index contributed by atoms with van der Waals surface area (Å²) in [6.07, 6.45) is -5.12. The van der Waals surface area contributed by atoms with Gasteiger partial charge in [0.25, 0.3) is 0 Å². The van der Waals surface area contributed by atoms with Crippen LogP contribution in [0.15, 0.2) is 24.3 Å². The predicted molar refractivity (Wildman–Crippen MR) is 81.4 cm³/mol. The Kier molecular flexibility index (Phi) is 7.11. The maximum atomic E-state index is 12.0. The molecule has 0 saturated heterocycles. The number of benzene rings is 1. The van der Waals surface area contributed by atoms with Gasteiger partial charge in [-0.15, -0.1) is 0 Å². The number of aliphatic hydroxyl groups excluding tert-OH is 1. The lowest BCUT2D eigenvalue weighted by Crippen LogP contribution is -2.37. The van der Waals surface area contributed by atoms with Gasteiger partial charge < -0.3 is 10.4 Å². The van der Waals surface area contributed by atoms with Crippen molar-refractivity contribution in [2.45, 2.75) is 39.0 Å². The fourth-order valence-corrected chi connectivity index (χ4v) is 1.77. The summed E-state index contributed by atoms with van der Waals surface area (Å²) in [7, 11) is 0. The Balaban J connectivity index is 2.57. The number of alkyl halides is 3. The van der Waals surface area contributed by atoms with Crippen LogP contribution in [0.25, 0.3) is 0 Å². The molecular weight excluding hydrogens is 307 g/mol. The van der Waals surface area contributed by atoms with Crippen LogP contribution >= 0.6 is 0 Å². The molecular formula is C17H20F3NO2. The van der Waals surface area contributed by atoms with Gasteiger partial charge in [-0.25, -0.2) is 0 Å². The van der Waals surface area contributed by atoms with E-state index >= 15 is 0 Å². The second kappa shape index (κ2) is 8.59. The third kappa shape index (κ3) is 7.20. The molecule has 6 heteroatoms. The Morgan fingerprint density at radius 1 is 1.35 bits per heavy atom. The number of aliphatic hydroxyl groups is 1. The van der Waals surface area contributed by atoms with Gasteiger partial charge in [-0.2, -0.15) is 13.2 Å². The maximum Gasteiger partial charge on any atom is 0.471 e. The molecule has 0 aliphatic carbocycles. The SMILES string of the molecule is CC(C)CC#Cc1cccc(C(O)CCNC(=O)C(F)(F)F)c1. The van der Waals surface area contributed by atoms with E-state index < -0.39 is 18.2 Å². The van der Waals surface area contributed by atoms with Crippen molar-refractivity contribution in [3.05, 3.63) is 35.4 Å². The van der Waals surface area contributed by atoms with Crippen LogP contribution in [0, 0.1) is 17.8 Å². The normalized spacial score (nSPS) is 12.5.